The quantitative estimate of drug-likeness (QED) is 0.640. The fourth-order valence-electron chi connectivity index (χ4n) is 1.19. The summed E-state index contributed by atoms with van der Waals surface area (Å²) in [5, 5.41) is 9.73. The van der Waals surface area contributed by atoms with Gasteiger partial charge in [-0.25, -0.2) is 8.42 Å². The van der Waals surface area contributed by atoms with Crippen LogP contribution in [-0.4, -0.2) is 54.6 Å². The third kappa shape index (κ3) is 3.67. The van der Waals surface area contributed by atoms with E-state index in [0.717, 1.165) is 24.1 Å². The lowest BCUT2D eigenvalue weighted by molar-refractivity contribution is -0.136. The van der Waals surface area contributed by atoms with Crippen LogP contribution in [0.3, 0.4) is 0 Å². The second kappa shape index (κ2) is 5.01. The molecule has 0 saturated heterocycles. The molecule has 0 bridgehead atoms. The zero-order chi connectivity index (χ0) is 13.2. The average molecular weight is 264 g/mol. The van der Waals surface area contributed by atoms with Crippen LogP contribution in [0.15, 0.2) is 0 Å². The average Bonchev–Trinajstić information content (AvgIpc) is 2.99. The molecule has 0 heterocycles. The van der Waals surface area contributed by atoms with Gasteiger partial charge in [0.15, 0.2) is 5.25 Å². The molecule has 17 heavy (non-hydrogen) atoms. The topological polar surface area (TPSA) is 104 Å². The molecule has 1 amide bonds. The molecule has 0 aromatic heterocycles. The molecule has 1 fully saturated rings. The van der Waals surface area contributed by atoms with Gasteiger partial charge >= 0.3 is 5.97 Å². The smallest absolute Gasteiger partial charge is 0.323 e. The second-order valence-corrected chi connectivity index (χ2v) is 6.48. The molecule has 7 nitrogen and oxygen atoms in total. The van der Waals surface area contributed by atoms with Crippen LogP contribution in [0, 0.1) is 0 Å². The number of likely N-dealkylation sites (N-methyl/N-ethyl adjacent to an activating group) is 1. The van der Waals surface area contributed by atoms with E-state index in [1.807, 2.05) is 0 Å². The molecule has 1 atom stereocenters. The van der Waals surface area contributed by atoms with Gasteiger partial charge in [0.2, 0.25) is 15.9 Å². The summed E-state index contributed by atoms with van der Waals surface area (Å²) in [6.45, 7) is 0.726. The van der Waals surface area contributed by atoms with Gasteiger partial charge in [0.05, 0.1) is 6.54 Å². The lowest BCUT2D eigenvalue weighted by Crippen LogP contribution is -2.44. The van der Waals surface area contributed by atoms with Crippen molar-refractivity contribution in [3.8, 4) is 0 Å². The van der Waals surface area contributed by atoms with Crippen molar-refractivity contribution in [2.45, 2.75) is 31.1 Å². The van der Waals surface area contributed by atoms with Gasteiger partial charge in [0.1, 0.15) is 0 Å². The van der Waals surface area contributed by atoms with Gasteiger partial charge in [-0.2, -0.15) is 4.31 Å². The van der Waals surface area contributed by atoms with E-state index >= 15 is 0 Å². The molecule has 1 aliphatic carbocycles. The second-order valence-electron chi connectivity index (χ2n) is 4.12. The highest BCUT2D eigenvalue weighted by atomic mass is 32.2. The largest absolute Gasteiger partial charge is 0.480 e. The summed E-state index contributed by atoms with van der Waals surface area (Å²) in [7, 11) is -2.78. The highest BCUT2D eigenvalue weighted by Crippen LogP contribution is 2.18. The van der Waals surface area contributed by atoms with E-state index in [1.54, 1.807) is 0 Å². The normalized spacial score (nSPS) is 17.8. The van der Waals surface area contributed by atoms with Crippen molar-refractivity contribution in [2.24, 2.45) is 0 Å². The molecule has 8 heteroatoms. The number of carboxylic acids is 1. The number of amides is 1. The third-order valence-electron chi connectivity index (χ3n) is 2.54. The van der Waals surface area contributed by atoms with E-state index in [-0.39, 0.29) is 12.6 Å². The molecule has 0 spiro atoms. The minimum absolute atomic E-state index is 0.149. The van der Waals surface area contributed by atoms with Crippen molar-refractivity contribution in [3.05, 3.63) is 0 Å². The Balaban J connectivity index is 2.58. The van der Waals surface area contributed by atoms with Gasteiger partial charge in [-0.1, -0.05) is 0 Å². The SMILES string of the molecule is CC(C(=O)O)S(=O)(=O)N(C)CC(=O)NC1CC1. The molecular weight excluding hydrogens is 248 g/mol. The van der Waals surface area contributed by atoms with E-state index in [2.05, 4.69) is 5.32 Å². The number of hydrogen-bond acceptors (Lipinski definition) is 4. The fourth-order valence-corrected chi connectivity index (χ4v) is 2.28. The van der Waals surface area contributed by atoms with Crippen LogP contribution in [0.4, 0.5) is 0 Å². The molecule has 98 valence electrons. The first-order chi connectivity index (χ1) is 7.75. The molecular formula is C9H16N2O5S. The lowest BCUT2D eigenvalue weighted by Gasteiger charge is -2.19. The monoisotopic (exact) mass is 264 g/mol. The van der Waals surface area contributed by atoms with Gasteiger partial charge in [0, 0.05) is 13.1 Å². The van der Waals surface area contributed by atoms with Crippen molar-refractivity contribution in [3.63, 3.8) is 0 Å². The number of nitrogens with zero attached hydrogens (tertiary/aromatic N) is 1. The third-order valence-corrected chi connectivity index (χ3v) is 4.63. The first-order valence-corrected chi connectivity index (χ1v) is 6.72. The minimum Gasteiger partial charge on any atom is -0.480 e. The fraction of sp³-hybridized carbons (Fsp3) is 0.778. The molecule has 1 unspecified atom stereocenters. The highest BCUT2D eigenvalue weighted by Gasteiger charge is 2.33. The molecule has 0 radical (unpaired) electrons. The van der Waals surface area contributed by atoms with Gasteiger partial charge in [-0.15, -0.1) is 0 Å². The Kier molecular flexibility index (Phi) is 4.10. The summed E-state index contributed by atoms with van der Waals surface area (Å²) in [4.78, 5) is 22.0. The summed E-state index contributed by atoms with van der Waals surface area (Å²) in [6.07, 6.45) is 1.82. The van der Waals surface area contributed by atoms with E-state index in [9.17, 15) is 18.0 Å². The summed E-state index contributed by atoms with van der Waals surface area (Å²) in [5.74, 6) is -1.84. The number of sulfonamides is 1. The summed E-state index contributed by atoms with van der Waals surface area (Å²) < 4.78 is 24.1. The molecule has 1 aliphatic rings. The lowest BCUT2D eigenvalue weighted by atomic mass is 10.5. The van der Waals surface area contributed by atoms with E-state index < -0.39 is 27.1 Å². The van der Waals surface area contributed by atoms with Crippen molar-refractivity contribution < 1.29 is 23.1 Å². The predicted octanol–water partition coefficient (Wildman–Crippen LogP) is -1.00. The maximum atomic E-state index is 11.7. The maximum Gasteiger partial charge on any atom is 0.323 e. The van der Waals surface area contributed by atoms with Crippen LogP contribution in [0.25, 0.3) is 0 Å². The van der Waals surface area contributed by atoms with Gasteiger partial charge in [-0.05, 0) is 19.8 Å². The number of carboxylic acid groups (broad SMARTS) is 1. The molecule has 1 rings (SSSR count). The van der Waals surface area contributed by atoms with Crippen LogP contribution < -0.4 is 5.32 Å². The molecule has 2 N–H and O–H groups in total. The molecule has 0 aliphatic heterocycles. The van der Waals surface area contributed by atoms with Crippen molar-refractivity contribution in [1.82, 2.24) is 9.62 Å². The van der Waals surface area contributed by atoms with Crippen LogP contribution in [0.5, 0.6) is 0 Å². The number of hydrogen-bond donors (Lipinski definition) is 2. The summed E-state index contributed by atoms with van der Waals surface area (Å²) in [5.41, 5.74) is 0. The Labute approximate surface area is 99.8 Å². The minimum atomic E-state index is -3.98. The van der Waals surface area contributed by atoms with Gasteiger partial charge in [-0.3, -0.25) is 9.59 Å². The van der Waals surface area contributed by atoms with Gasteiger partial charge in [0.25, 0.3) is 0 Å². The van der Waals surface area contributed by atoms with E-state index in [1.165, 1.54) is 7.05 Å². The Morgan fingerprint density at radius 1 is 1.47 bits per heavy atom. The Hall–Kier alpha value is -1.15. The Morgan fingerprint density at radius 2 is 2.00 bits per heavy atom. The number of aliphatic carboxylic acids is 1. The number of rotatable bonds is 6. The van der Waals surface area contributed by atoms with Crippen molar-refractivity contribution in [2.75, 3.05) is 13.6 Å². The maximum absolute atomic E-state index is 11.7. The molecule has 0 aromatic carbocycles. The Bertz CT molecular complexity index is 415. The summed E-state index contributed by atoms with van der Waals surface area (Å²) in [6, 6.07) is 0.149. The first kappa shape index (κ1) is 13.9. The zero-order valence-corrected chi connectivity index (χ0v) is 10.5. The van der Waals surface area contributed by atoms with E-state index in [0.29, 0.717) is 0 Å². The van der Waals surface area contributed by atoms with Crippen molar-refractivity contribution in [1.29, 1.82) is 0 Å². The van der Waals surface area contributed by atoms with Crippen molar-refractivity contribution >= 4 is 21.9 Å². The van der Waals surface area contributed by atoms with Crippen LogP contribution >= 0.6 is 0 Å². The highest BCUT2D eigenvalue weighted by molar-refractivity contribution is 7.90. The van der Waals surface area contributed by atoms with Crippen LogP contribution in [0.2, 0.25) is 0 Å². The molecule has 1 saturated carbocycles. The first-order valence-electron chi connectivity index (χ1n) is 5.22. The summed E-state index contributed by atoms with van der Waals surface area (Å²) >= 11 is 0. The number of carbonyl (C=O) groups is 2. The van der Waals surface area contributed by atoms with Crippen LogP contribution in [0.1, 0.15) is 19.8 Å². The zero-order valence-electron chi connectivity index (χ0n) is 9.71. The standard InChI is InChI=1S/C9H16N2O5S/c1-6(9(13)14)17(15,16)11(2)5-8(12)10-7-3-4-7/h6-7H,3-5H2,1-2H3,(H,10,12)(H,13,14). The predicted molar refractivity (Wildman–Crippen MR) is 59.8 cm³/mol. The molecule has 0 aromatic rings. The van der Waals surface area contributed by atoms with Crippen LogP contribution in [-0.2, 0) is 19.6 Å². The number of carbonyl (C=O) groups excluding carboxylic acids is 1. The van der Waals surface area contributed by atoms with E-state index in [4.69, 9.17) is 5.11 Å². The Morgan fingerprint density at radius 3 is 2.41 bits per heavy atom. The van der Waals surface area contributed by atoms with Gasteiger partial charge < -0.3 is 10.4 Å². The number of nitrogens with one attached hydrogen (secondary N) is 1.